The van der Waals surface area contributed by atoms with E-state index in [1.54, 1.807) is 12.1 Å². The summed E-state index contributed by atoms with van der Waals surface area (Å²) >= 11 is 0. The summed E-state index contributed by atoms with van der Waals surface area (Å²) in [5.74, 6) is 0.525. The van der Waals surface area contributed by atoms with Crippen LogP contribution in [0.1, 0.15) is 54.7 Å². The van der Waals surface area contributed by atoms with E-state index >= 15 is 0 Å². The minimum absolute atomic E-state index is 0.169. The second-order valence-corrected chi connectivity index (χ2v) is 6.82. The lowest BCUT2D eigenvalue weighted by Gasteiger charge is -2.22. The molecule has 0 atom stereocenters. The van der Waals surface area contributed by atoms with E-state index in [0.717, 1.165) is 44.5 Å². The molecule has 0 spiro atoms. The minimum atomic E-state index is -0.433. The lowest BCUT2D eigenvalue weighted by Crippen LogP contribution is -2.21. The van der Waals surface area contributed by atoms with Gasteiger partial charge in [-0.2, -0.15) is 4.98 Å². The van der Waals surface area contributed by atoms with Crippen LogP contribution in [-0.4, -0.2) is 42.2 Å². The number of rotatable bonds is 8. The Hall–Kier alpha value is -2.90. The molecule has 1 N–H and O–H groups in total. The number of hydrogen-bond acceptors (Lipinski definition) is 7. The molecule has 0 saturated carbocycles. The van der Waals surface area contributed by atoms with E-state index in [-0.39, 0.29) is 12.3 Å². The van der Waals surface area contributed by atoms with Crippen LogP contribution in [0, 0.1) is 0 Å². The molecule has 2 heterocycles. The van der Waals surface area contributed by atoms with Crippen LogP contribution in [0.4, 0.5) is 11.4 Å². The van der Waals surface area contributed by atoms with E-state index in [2.05, 4.69) is 20.4 Å². The lowest BCUT2D eigenvalue weighted by molar-refractivity contribution is -0.116. The van der Waals surface area contributed by atoms with Gasteiger partial charge in [0.15, 0.2) is 5.82 Å². The van der Waals surface area contributed by atoms with E-state index in [1.165, 1.54) is 7.11 Å². The summed E-state index contributed by atoms with van der Waals surface area (Å²) in [6, 6.07) is 5.26. The van der Waals surface area contributed by atoms with Gasteiger partial charge in [0.1, 0.15) is 0 Å². The first kappa shape index (κ1) is 19.9. The van der Waals surface area contributed by atoms with Gasteiger partial charge in [-0.05, 0) is 37.5 Å². The average molecular weight is 386 g/mol. The van der Waals surface area contributed by atoms with Gasteiger partial charge in [-0.25, -0.2) is 4.79 Å². The normalized spacial score (nSPS) is 13.6. The highest BCUT2D eigenvalue weighted by Gasteiger charge is 2.19. The molecule has 8 nitrogen and oxygen atoms in total. The Balaban J connectivity index is 1.69. The first-order chi connectivity index (χ1) is 13.6. The molecule has 1 amide bonds. The fourth-order valence-electron chi connectivity index (χ4n) is 3.26. The minimum Gasteiger partial charge on any atom is -0.465 e. The molecule has 0 aliphatic carbocycles. The van der Waals surface area contributed by atoms with Crippen molar-refractivity contribution in [1.82, 2.24) is 10.1 Å². The van der Waals surface area contributed by atoms with Gasteiger partial charge in [0.25, 0.3) is 0 Å². The summed E-state index contributed by atoms with van der Waals surface area (Å²) in [6.07, 6.45) is 4.52. The van der Waals surface area contributed by atoms with Gasteiger partial charge < -0.3 is 19.5 Å². The van der Waals surface area contributed by atoms with Gasteiger partial charge in [-0.15, -0.1) is 0 Å². The predicted molar refractivity (Wildman–Crippen MR) is 104 cm³/mol. The third kappa shape index (κ3) is 4.88. The predicted octanol–water partition coefficient (Wildman–Crippen LogP) is 2.98. The summed E-state index contributed by atoms with van der Waals surface area (Å²) in [5.41, 5.74) is 1.94. The van der Waals surface area contributed by atoms with Crippen LogP contribution in [0.3, 0.4) is 0 Å². The number of nitrogens with zero attached hydrogens (tertiary/aromatic N) is 3. The van der Waals surface area contributed by atoms with Crippen molar-refractivity contribution < 1.29 is 18.8 Å². The second-order valence-electron chi connectivity index (χ2n) is 6.82. The van der Waals surface area contributed by atoms with E-state index in [0.29, 0.717) is 29.4 Å². The molecule has 2 aromatic rings. The molecule has 0 bridgehead atoms. The van der Waals surface area contributed by atoms with Gasteiger partial charge in [0, 0.05) is 32.4 Å². The molecule has 150 valence electrons. The number of esters is 1. The van der Waals surface area contributed by atoms with Crippen LogP contribution in [0.15, 0.2) is 22.7 Å². The maximum atomic E-state index is 12.5. The monoisotopic (exact) mass is 386 g/mol. The van der Waals surface area contributed by atoms with Crippen molar-refractivity contribution in [3.05, 3.63) is 35.5 Å². The summed E-state index contributed by atoms with van der Waals surface area (Å²) in [4.78, 5) is 30.9. The Kier molecular flexibility index (Phi) is 6.62. The Labute approximate surface area is 164 Å². The summed E-state index contributed by atoms with van der Waals surface area (Å²) in [7, 11) is 1.34. The number of aryl methyl sites for hydroxylation is 2. The molecule has 3 rings (SSSR count). The van der Waals surface area contributed by atoms with Crippen LogP contribution in [0.25, 0.3) is 0 Å². The molecule has 28 heavy (non-hydrogen) atoms. The van der Waals surface area contributed by atoms with E-state index in [9.17, 15) is 9.59 Å². The quantitative estimate of drug-likeness (QED) is 0.697. The molecule has 1 aliphatic heterocycles. The van der Waals surface area contributed by atoms with Crippen molar-refractivity contribution in [3.63, 3.8) is 0 Å². The number of carbonyl (C=O) groups excluding carboxylic acids is 2. The molecule has 1 fully saturated rings. The highest BCUT2D eigenvalue weighted by atomic mass is 16.5. The third-order valence-electron chi connectivity index (χ3n) is 4.69. The Bertz CT molecular complexity index is 827. The topological polar surface area (TPSA) is 97.6 Å². The number of anilines is 2. The number of nitrogens with one attached hydrogen (secondary N) is 1. The molecular weight excluding hydrogens is 360 g/mol. The second kappa shape index (κ2) is 9.34. The van der Waals surface area contributed by atoms with Gasteiger partial charge in [0.05, 0.1) is 24.0 Å². The number of benzene rings is 1. The van der Waals surface area contributed by atoms with Crippen molar-refractivity contribution in [3.8, 4) is 0 Å². The van der Waals surface area contributed by atoms with Crippen molar-refractivity contribution in [2.24, 2.45) is 0 Å². The number of hydrogen-bond donors (Lipinski definition) is 1. The molecule has 1 aliphatic rings. The van der Waals surface area contributed by atoms with Crippen LogP contribution in [0.5, 0.6) is 0 Å². The van der Waals surface area contributed by atoms with Crippen molar-refractivity contribution in [2.45, 2.75) is 45.4 Å². The van der Waals surface area contributed by atoms with Gasteiger partial charge in [0.2, 0.25) is 11.8 Å². The standard InChI is InChI=1S/C20H26N4O4/c1-3-6-17-22-19(28-23-17)10-9-18(25)21-15-13-14(20(26)27-2)7-8-16(15)24-11-4-5-12-24/h7-8,13H,3-6,9-12H2,1-2H3,(H,21,25). The number of amides is 1. The van der Waals surface area contributed by atoms with Crippen LogP contribution >= 0.6 is 0 Å². The molecule has 1 saturated heterocycles. The van der Waals surface area contributed by atoms with E-state index in [4.69, 9.17) is 9.26 Å². The zero-order valence-electron chi connectivity index (χ0n) is 16.4. The molecule has 0 unspecified atom stereocenters. The highest BCUT2D eigenvalue weighted by molar-refractivity contribution is 5.98. The Morgan fingerprint density at radius 2 is 2.04 bits per heavy atom. The first-order valence-corrected chi connectivity index (χ1v) is 9.69. The lowest BCUT2D eigenvalue weighted by atomic mass is 10.1. The van der Waals surface area contributed by atoms with Crippen molar-refractivity contribution in [2.75, 3.05) is 30.4 Å². The Morgan fingerprint density at radius 1 is 1.25 bits per heavy atom. The number of ether oxygens (including phenoxy) is 1. The molecule has 0 radical (unpaired) electrons. The third-order valence-corrected chi connectivity index (χ3v) is 4.69. The van der Waals surface area contributed by atoms with E-state index in [1.807, 2.05) is 13.0 Å². The van der Waals surface area contributed by atoms with Crippen LogP contribution in [0.2, 0.25) is 0 Å². The van der Waals surface area contributed by atoms with E-state index < -0.39 is 5.97 Å². The zero-order valence-corrected chi connectivity index (χ0v) is 16.4. The fourth-order valence-corrected chi connectivity index (χ4v) is 3.26. The SMILES string of the molecule is CCCc1noc(CCC(=O)Nc2cc(C(=O)OC)ccc2N2CCCC2)n1. The van der Waals surface area contributed by atoms with Gasteiger partial charge in [-0.1, -0.05) is 12.1 Å². The maximum Gasteiger partial charge on any atom is 0.337 e. The molecular formula is C20H26N4O4. The summed E-state index contributed by atoms with van der Waals surface area (Å²) < 4.78 is 9.97. The fraction of sp³-hybridized carbons (Fsp3) is 0.500. The highest BCUT2D eigenvalue weighted by Crippen LogP contribution is 2.30. The van der Waals surface area contributed by atoms with Gasteiger partial charge >= 0.3 is 5.97 Å². The van der Waals surface area contributed by atoms with Crippen molar-refractivity contribution in [1.29, 1.82) is 0 Å². The van der Waals surface area contributed by atoms with Crippen LogP contribution in [-0.2, 0) is 22.4 Å². The number of carbonyl (C=O) groups is 2. The van der Waals surface area contributed by atoms with Crippen molar-refractivity contribution >= 4 is 23.3 Å². The molecule has 1 aromatic heterocycles. The Morgan fingerprint density at radius 3 is 2.75 bits per heavy atom. The summed E-state index contributed by atoms with van der Waals surface area (Å²) in [5, 5.41) is 6.83. The molecule has 8 heteroatoms. The number of methoxy groups -OCH3 is 1. The smallest absolute Gasteiger partial charge is 0.337 e. The largest absolute Gasteiger partial charge is 0.465 e. The zero-order chi connectivity index (χ0) is 19.9. The van der Waals surface area contributed by atoms with Gasteiger partial charge in [-0.3, -0.25) is 4.79 Å². The first-order valence-electron chi connectivity index (χ1n) is 9.69. The van der Waals surface area contributed by atoms with Crippen LogP contribution < -0.4 is 10.2 Å². The number of aromatic nitrogens is 2. The average Bonchev–Trinajstić information content (AvgIpc) is 3.38. The maximum absolute atomic E-state index is 12.5. The molecule has 1 aromatic carbocycles. The summed E-state index contributed by atoms with van der Waals surface area (Å²) in [6.45, 7) is 3.91.